The van der Waals surface area contributed by atoms with E-state index < -0.39 is 0 Å². The maximum absolute atomic E-state index is 14.5. The summed E-state index contributed by atoms with van der Waals surface area (Å²) in [5.41, 5.74) is 8.29. The van der Waals surface area contributed by atoms with Crippen molar-refractivity contribution in [3.8, 4) is 0 Å². The fourth-order valence-corrected chi connectivity index (χ4v) is 3.08. The Morgan fingerprint density at radius 3 is 2.62 bits per heavy atom. The molecule has 1 heterocycles. The smallest absolute Gasteiger partial charge is 0.191 e. The molecule has 26 heavy (non-hydrogen) atoms. The maximum Gasteiger partial charge on any atom is 0.191 e. The van der Waals surface area contributed by atoms with Crippen molar-refractivity contribution in [2.24, 2.45) is 10.7 Å². The van der Waals surface area contributed by atoms with E-state index in [2.05, 4.69) is 4.99 Å². The number of halogens is 1. The van der Waals surface area contributed by atoms with Gasteiger partial charge in [0.1, 0.15) is 12.1 Å². The molecule has 0 radical (unpaired) electrons. The molecule has 0 aliphatic carbocycles. The van der Waals surface area contributed by atoms with Crippen LogP contribution in [0.3, 0.4) is 0 Å². The molecule has 1 rings (SSSR count). The Labute approximate surface area is 159 Å². The van der Waals surface area contributed by atoms with Gasteiger partial charge in [0.25, 0.3) is 0 Å². The van der Waals surface area contributed by atoms with Crippen molar-refractivity contribution in [2.75, 3.05) is 14.1 Å². The molecular formula is C20H28FN3OS. The molecule has 0 saturated carbocycles. The minimum absolute atomic E-state index is 0.231. The molecular weight excluding hydrogens is 349 g/mol. The summed E-state index contributed by atoms with van der Waals surface area (Å²) in [6.45, 7) is 5.83. The highest BCUT2D eigenvalue weighted by Gasteiger charge is 2.16. The lowest BCUT2D eigenvalue weighted by atomic mass is 10.0. The van der Waals surface area contributed by atoms with Crippen molar-refractivity contribution in [1.29, 1.82) is 0 Å². The first kappa shape index (κ1) is 21.8. The highest BCUT2D eigenvalue weighted by atomic mass is 32.1. The standard InChI is InChI=1S/C20H28FN3OS/c1-6-7-17(21)16(9-8-14(2)3)15-12-19(26-13-15)18(10-11-25)23-20(22)24(4)5/h7-9,11-13,18H,6,10H2,1-5H3,(H2,22,23)/b16-9-,17-7+. The zero-order chi connectivity index (χ0) is 19.7. The number of hydrogen-bond acceptors (Lipinski definition) is 3. The molecule has 1 unspecified atom stereocenters. The summed E-state index contributed by atoms with van der Waals surface area (Å²) in [5.74, 6) is 0.0989. The number of rotatable bonds is 8. The minimum Gasteiger partial charge on any atom is -0.370 e. The van der Waals surface area contributed by atoms with Crippen molar-refractivity contribution in [2.45, 2.75) is 39.7 Å². The molecule has 0 aromatic carbocycles. The Kier molecular flexibility index (Phi) is 8.99. The highest BCUT2D eigenvalue weighted by molar-refractivity contribution is 7.10. The number of aldehydes is 1. The van der Waals surface area contributed by atoms with Gasteiger partial charge >= 0.3 is 0 Å². The number of nitrogens with two attached hydrogens (primary N) is 1. The predicted molar refractivity (Wildman–Crippen MR) is 110 cm³/mol. The summed E-state index contributed by atoms with van der Waals surface area (Å²) < 4.78 is 14.5. The highest BCUT2D eigenvalue weighted by Crippen LogP contribution is 2.33. The second-order valence-corrected chi connectivity index (χ2v) is 7.27. The van der Waals surface area contributed by atoms with E-state index in [-0.39, 0.29) is 18.3 Å². The summed E-state index contributed by atoms with van der Waals surface area (Å²) in [6.07, 6.45) is 6.91. The first-order chi connectivity index (χ1) is 12.3. The quantitative estimate of drug-likeness (QED) is 0.304. The van der Waals surface area contributed by atoms with Crippen molar-refractivity contribution in [3.63, 3.8) is 0 Å². The van der Waals surface area contributed by atoms with Crippen LogP contribution in [0.2, 0.25) is 0 Å². The topological polar surface area (TPSA) is 58.7 Å². The van der Waals surface area contributed by atoms with E-state index in [1.165, 1.54) is 11.3 Å². The lowest BCUT2D eigenvalue weighted by Gasteiger charge is -2.14. The minimum atomic E-state index is -0.364. The van der Waals surface area contributed by atoms with Gasteiger partial charge in [-0.2, -0.15) is 0 Å². The lowest BCUT2D eigenvalue weighted by molar-refractivity contribution is -0.108. The van der Waals surface area contributed by atoms with Crippen LogP contribution in [-0.2, 0) is 4.79 Å². The first-order valence-corrected chi connectivity index (χ1v) is 9.42. The average Bonchev–Trinajstić information content (AvgIpc) is 3.04. The van der Waals surface area contributed by atoms with Gasteiger partial charge in [0.05, 0.1) is 6.04 Å². The number of nitrogens with zero attached hydrogens (tertiary/aromatic N) is 2. The molecule has 0 saturated heterocycles. The monoisotopic (exact) mass is 377 g/mol. The summed E-state index contributed by atoms with van der Waals surface area (Å²) in [5, 5.41) is 1.89. The zero-order valence-corrected chi connectivity index (χ0v) is 16.9. The molecule has 1 atom stereocenters. The summed E-state index contributed by atoms with van der Waals surface area (Å²) in [7, 11) is 3.59. The molecule has 2 N–H and O–H groups in total. The van der Waals surface area contributed by atoms with Crippen LogP contribution >= 0.6 is 11.3 Å². The van der Waals surface area contributed by atoms with Crippen LogP contribution in [0, 0.1) is 0 Å². The van der Waals surface area contributed by atoms with Crippen LogP contribution in [0.4, 0.5) is 4.39 Å². The molecule has 6 heteroatoms. The summed E-state index contributed by atoms with van der Waals surface area (Å²) >= 11 is 1.45. The van der Waals surface area contributed by atoms with E-state index in [4.69, 9.17) is 5.73 Å². The number of carbonyl (C=O) groups excluding carboxylic acids is 1. The molecule has 1 aromatic heterocycles. The van der Waals surface area contributed by atoms with Gasteiger partial charge in [-0.1, -0.05) is 24.6 Å². The largest absolute Gasteiger partial charge is 0.370 e. The third-order valence-corrected chi connectivity index (χ3v) is 4.58. The normalized spacial score (nSPS) is 14.2. The van der Waals surface area contributed by atoms with Gasteiger partial charge in [-0.05, 0) is 43.4 Å². The average molecular weight is 378 g/mol. The van der Waals surface area contributed by atoms with Gasteiger partial charge in [0, 0.05) is 31.0 Å². The SMILES string of the molecule is CC/C=C(F)\C(=C/C=C(C)C)c1csc(C(CC=O)N=C(N)N(C)C)c1. The van der Waals surface area contributed by atoms with E-state index >= 15 is 0 Å². The maximum atomic E-state index is 14.5. The van der Waals surface area contributed by atoms with Crippen LogP contribution in [0.1, 0.15) is 50.1 Å². The summed E-state index contributed by atoms with van der Waals surface area (Å²) in [6, 6.07) is 1.52. The fourth-order valence-electron chi connectivity index (χ4n) is 2.12. The van der Waals surface area contributed by atoms with Gasteiger partial charge in [-0.3, -0.25) is 0 Å². The van der Waals surface area contributed by atoms with Gasteiger partial charge < -0.3 is 15.4 Å². The second-order valence-electron chi connectivity index (χ2n) is 6.32. The van der Waals surface area contributed by atoms with Gasteiger partial charge in [-0.25, -0.2) is 9.38 Å². The number of allylic oxidation sites excluding steroid dienone is 6. The van der Waals surface area contributed by atoms with Crippen LogP contribution in [0.5, 0.6) is 0 Å². The van der Waals surface area contributed by atoms with E-state index in [0.29, 0.717) is 18.0 Å². The molecule has 0 spiro atoms. The Morgan fingerprint density at radius 1 is 1.38 bits per heavy atom. The number of guanidine groups is 1. The third-order valence-electron chi connectivity index (χ3n) is 3.55. The Morgan fingerprint density at radius 2 is 2.08 bits per heavy atom. The van der Waals surface area contributed by atoms with Crippen LogP contribution in [0.25, 0.3) is 5.57 Å². The van der Waals surface area contributed by atoms with E-state index in [1.54, 1.807) is 31.1 Å². The van der Waals surface area contributed by atoms with Crippen LogP contribution in [-0.4, -0.2) is 31.2 Å². The predicted octanol–water partition coefficient (Wildman–Crippen LogP) is 4.87. The Hall–Kier alpha value is -2.21. The molecule has 4 nitrogen and oxygen atoms in total. The Balaban J connectivity index is 3.30. The molecule has 0 fully saturated rings. The van der Waals surface area contributed by atoms with Crippen molar-refractivity contribution in [1.82, 2.24) is 4.90 Å². The molecule has 0 aliphatic rings. The Bertz CT molecular complexity index is 725. The fraction of sp³-hybridized carbons (Fsp3) is 0.400. The molecule has 0 aliphatic heterocycles. The number of carbonyl (C=O) groups is 1. The van der Waals surface area contributed by atoms with Gasteiger partial charge in [0.2, 0.25) is 0 Å². The first-order valence-electron chi connectivity index (χ1n) is 8.54. The van der Waals surface area contributed by atoms with Gasteiger partial charge in [-0.15, -0.1) is 11.3 Å². The third kappa shape index (κ3) is 6.59. The molecule has 142 valence electrons. The van der Waals surface area contributed by atoms with E-state index in [1.807, 2.05) is 38.3 Å². The van der Waals surface area contributed by atoms with Crippen LogP contribution < -0.4 is 5.73 Å². The molecule has 0 amide bonds. The molecule has 0 bridgehead atoms. The van der Waals surface area contributed by atoms with E-state index in [9.17, 15) is 9.18 Å². The summed E-state index contributed by atoms with van der Waals surface area (Å²) in [4.78, 5) is 18.0. The molecule has 1 aromatic rings. The van der Waals surface area contributed by atoms with Crippen molar-refractivity contribution < 1.29 is 9.18 Å². The van der Waals surface area contributed by atoms with Gasteiger partial charge in [0.15, 0.2) is 5.96 Å². The van der Waals surface area contributed by atoms with E-state index in [0.717, 1.165) is 22.3 Å². The number of thiophene rings is 1. The second kappa shape index (κ2) is 10.7. The lowest BCUT2D eigenvalue weighted by Crippen LogP contribution is -2.30. The van der Waals surface area contributed by atoms with Crippen molar-refractivity contribution in [3.05, 3.63) is 51.5 Å². The zero-order valence-electron chi connectivity index (χ0n) is 16.1. The van der Waals surface area contributed by atoms with Crippen LogP contribution in [0.15, 0.2) is 46.1 Å². The number of hydrogen-bond donors (Lipinski definition) is 1. The number of aliphatic imine (C=N–C) groups is 1. The van der Waals surface area contributed by atoms with Crippen molar-refractivity contribution >= 4 is 29.2 Å².